The van der Waals surface area contributed by atoms with Gasteiger partial charge in [-0.3, -0.25) is 4.79 Å². The molecule has 0 radical (unpaired) electrons. The minimum Gasteiger partial charge on any atom is -0.438 e. The van der Waals surface area contributed by atoms with Gasteiger partial charge in [0.2, 0.25) is 5.76 Å². The smallest absolute Gasteiger partial charge is 0.292 e. The molecule has 130 valence electrons. The maximum Gasteiger partial charge on any atom is 0.292 e. The van der Waals surface area contributed by atoms with E-state index in [1.807, 2.05) is 6.07 Å². The Kier molecular flexibility index (Phi) is 3.35. The van der Waals surface area contributed by atoms with Crippen molar-refractivity contribution in [2.75, 3.05) is 6.54 Å². The fraction of sp³-hybridized carbons (Fsp3) is 0.176. The maximum atomic E-state index is 14.1. The lowest BCUT2D eigenvalue weighted by Gasteiger charge is -2.33. The number of para-hydroxylation sites is 1. The number of amides is 1. The van der Waals surface area contributed by atoms with Crippen LogP contribution in [0.3, 0.4) is 0 Å². The molecule has 1 N–H and O–H groups in total. The number of carbonyl (C=O) groups excluding carboxylic acids is 1. The average molecular weight is 369 g/mol. The van der Waals surface area contributed by atoms with Crippen molar-refractivity contribution < 1.29 is 13.6 Å². The van der Waals surface area contributed by atoms with E-state index in [9.17, 15) is 9.18 Å². The number of oxazole rings is 1. The highest BCUT2D eigenvalue weighted by atomic mass is 32.1. The molecule has 0 unspecified atom stereocenters. The molecule has 1 aromatic carbocycles. The van der Waals surface area contributed by atoms with Crippen LogP contribution in [-0.4, -0.2) is 37.3 Å². The van der Waals surface area contributed by atoms with Gasteiger partial charge in [0.05, 0.1) is 22.9 Å². The molecule has 1 atom stereocenters. The molecule has 0 saturated carbocycles. The molecule has 0 bridgehead atoms. The molecule has 0 aliphatic carbocycles. The molecule has 1 amide bonds. The summed E-state index contributed by atoms with van der Waals surface area (Å²) in [5.74, 6) is -0.515. The first-order valence-electron chi connectivity index (χ1n) is 7.99. The molecule has 0 spiro atoms. The highest BCUT2D eigenvalue weighted by Gasteiger charge is 2.37. The van der Waals surface area contributed by atoms with Crippen LogP contribution in [0.15, 0.2) is 41.5 Å². The lowest BCUT2D eigenvalue weighted by atomic mass is 10.0. The fourth-order valence-electron chi connectivity index (χ4n) is 3.26. The van der Waals surface area contributed by atoms with Gasteiger partial charge in [-0.15, -0.1) is 11.3 Å². The number of H-pyrrole nitrogens is 1. The van der Waals surface area contributed by atoms with E-state index in [1.54, 1.807) is 17.3 Å². The van der Waals surface area contributed by atoms with Gasteiger partial charge >= 0.3 is 0 Å². The van der Waals surface area contributed by atoms with Crippen LogP contribution < -0.4 is 0 Å². The molecule has 0 saturated heterocycles. The zero-order valence-corrected chi connectivity index (χ0v) is 14.2. The number of aromatic amines is 1. The van der Waals surface area contributed by atoms with Crippen molar-refractivity contribution in [2.45, 2.75) is 12.5 Å². The van der Waals surface area contributed by atoms with Crippen LogP contribution in [0.5, 0.6) is 0 Å². The minimum absolute atomic E-state index is 0.154. The molecule has 3 aromatic heterocycles. The number of hydrogen-bond donors (Lipinski definition) is 1. The molecule has 4 heterocycles. The first-order chi connectivity index (χ1) is 12.7. The van der Waals surface area contributed by atoms with Gasteiger partial charge in [-0.2, -0.15) is 0 Å². The van der Waals surface area contributed by atoms with E-state index in [-0.39, 0.29) is 17.5 Å². The Balaban J connectivity index is 1.66. The van der Waals surface area contributed by atoms with Crippen molar-refractivity contribution in [2.24, 2.45) is 0 Å². The summed E-state index contributed by atoms with van der Waals surface area (Å²) in [6, 6.07) is 4.35. The zero-order chi connectivity index (χ0) is 17.7. The Morgan fingerprint density at radius 2 is 2.35 bits per heavy atom. The Morgan fingerprint density at radius 1 is 1.42 bits per heavy atom. The van der Waals surface area contributed by atoms with Gasteiger partial charge in [0.15, 0.2) is 6.39 Å². The molecule has 0 fully saturated rings. The average Bonchev–Trinajstić information content (AvgIpc) is 3.39. The first kappa shape index (κ1) is 15.2. The van der Waals surface area contributed by atoms with Gasteiger partial charge in [-0.05, 0) is 12.1 Å². The summed E-state index contributed by atoms with van der Waals surface area (Å²) in [7, 11) is 0. The van der Waals surface area contributed by atoms with E-state index >= 15 is 0 Å². The second-order valence-electron chi connectivity index (χ2n) is 5.92. The van der Waals surface area contributed by atoms with Gasteiger partial charge in [0, 0.05) is 18.7 Å². The van der Waals surface area contributed by atoms with Gasteiger partial charge in [-0.1, -0.05) is 6.07 Å². The van der Waals surface area contributed by atoms with Crippen molar-refractivity contribution in [3.63, 3.8) is 0 Å². The highest BCUT2D eigenvalue weighted by Crippen LogP contribution is 2.38. The normalized spacial score (nSPS) is 16.8. The predicted octanol–water partition coefficient (Wildman–Crippen LogP) is 2.93. The fourth-order valence-corrected chi connectivity index (χ4v) is 4.36. The lowest BCUT2D eigenvalue weighted by Crippen LogP contribution is -2.40. The van der Waals surface area contributed by atoms with Crippen molar-refractivity contribution in [1.82, 2.24) is 24.8 Å². The molecular weight excluding hydrogens is 357 g/mol. The number of nitrogens with one attached hydrogen (secondary N) is 1. The van der Waals surface area contributed by atoms with Crippen LogP contribution >= 0.6 is 11.3 Å². The summed E-state index contributed by atoms with van der Waals surface area (Å²) < 4.78 is 20.0. The standard InChI is InChI=1S/C17H12FN5O2S/c18-9-2-1-3-12-13(9)22-16(26-12)15-14-10(20-7-21-14)4-5-23(15)17(24)11-6-19-8-25-11/h1-3,6-8,15H,4-5H2,(H,20,21)/t15-/m0/s1. The molecule has 7 nitrogen and oxygen atoms in total. The van der Waals surface area contributed by atoms with Crippen molar-refractivity contribution in [3.05, 3.63) is 65.1 Å². The second-order valence-corrected chi connectivity index (χ2v) is 6.98. The van der Waals surface area contributed by atoms with Crippen LogP contribution in [0.1, 0.15) is 33.0 Å². The maximum absolute atomic E-state index is 14.1. The van der Waals surface area contributed by atoms with E-state index in [0.29, 0.717) is 23.5 Å². The number of benzene rings is 1. The first-order valence-corrected chi connectivity index (χ1v) is 8.80. The summed E-state index contributed by atoms with van der Waals surface area (Å²) in [4.78, 5) is 30.4. The van der Waals surface area contributed by atoms with Crippen molar-refractivity contribution in [1.29, 1.82) is 0 Å². The second kappa shape index (κ2) is 5.73. The molecular formula is C17H12FN5O2S. The summed E-state index contributed by atoms with van der Waals surface area (Å²) in [6.45, 7) is 0.470. The highest BCUT2D eigenvalue weighted by molar-refractivity contribution is 7.18. The third-order valence-corrected chi connectivity index (χ3v) is 5.52. The van der Waals surface area contributed by atoms with E-state index in [4.69, 9.17) is 4.42 Å². The van der Waals surface area contributed by atoms with E-state index < -0.39 is 6.04 Å². The molecule has 4 aromatic rings. The van der Waals surface area contributed by atoms with E-state index in [2.05, 4.69) is 19.9 Å². The summed E-state index contributed by atoms with van der Waals surface area (Å²) in [6.07, 6.45) is 4.86. The number of imidazole rings is 1. The Morgan fingerprint density at radius 3 is 3.15 bits per heavy atom. The topological polar surface area (TPSA) is 87.9 Å². The van der Waals surface area contributed by atoms with Crippen molar-refractivity contribution in [3.8, 4) is 0 Å². The number of carbonyl (C=O) groups is 1. The van der Waals surface area contributed by atoms with Crippen LogP contribution in [-0.2, 0) is 6.42 Å². The van der Waals surface area contributed by atoms with Crippen LogP contribution in [0.25, 0.3) is 10.2 Å². The number of thiazole rings is 1. The van der Waals surface area contributed by atoms with E-state index in [0.717, 1.165) is 16.1 Å². The summed E-state index contributed by atoms with van der Waals surface area (Å²) in [5.41, 5.74) is 1.99. The predicted molar refractivity (Wildman–Crippen MR) is 91.3 cm³/mol. The van der Waals surface area contributed by atoms with Gasteiger partial charge < -0.3 is 14.3 Å². The summed E-state index contributed by atoms with van der Waals surface area (Å²) in [5, 5.41) is 0.617. The Labute approximate surface area is 150 Å². The Bertz CT molecular complexity index is 1100. The SMILES string of the molecule is O=C(c1cnco1)N1CCc2[nH]cnc2[C@H]1c1nc2c(F)cccc2s1. The summed E-state index contributed by atoms with van der Waals surface area (Å²) >= 11 is 1.36. The van der Waals surface area contributed by atoms with Crippen LogP contribution in [0.4, 0.5) is 4.39 Å². The molecule has 9 heteroatoms. The number of hydrogen-bond acceptors (Lipinski definition) is 6. The van der Waals surface area contributed by atoms with Crippen LogP contribution in [0, 0.1) is 5.82 Å². The number of halogens is 1. The van der Waals surface area contributed by atoms with Gasteiger partial charge in [-0.25, -0.2) is 19.3 Å². The molecule has 1 aliphatic heterocycles. The minimum atomic E-state index is -0.501. The van der Waals surface area contributed by atoms with E-state index in [1.165, 1.54) is 30.0 Å². The monoisotopic (exact) mass is 369 g/mol. The molecule has 1 aliphatic rings. The quantitative estimate of drug-likeness (QED) is 0.587. The molecule has 26 heavy (non-hydrogen) atoms. The Hall–Kier alpha value is -3.07. The van der Waals surface area contributed by atoms with Gasteiger partial charge in [0.1, 0.15) is 22.4 Å². The largest absolute Gasteiger partial charge is 0.438 e. The number of fused-ring (bicyclic) bond motifs is 2. The third kappa shape index (κ3) is 2.24. The number of nitrogens with zero attached hydrogens (tertiary/aromatic N) is 4. The number of rotatable bonds is 2. The lowest BCUT2D eigenvalue weighted by molar-refractivity contribution is 0.0658. The van der Waals surface area contributed by atoms with Gasteiger partial charge in [0.25, 0.3) is 5.91 Å². The zero-order valence-electron chi connectivity index (χ0n) is 13.3. The number of aromatic nitrogens is 4. The van der Waals surface area contributed by atoms with Crippen molar-refractivity contribution >= 4 is 27.5 Å². The third-order valence-electron chi connectivity index (χ3n) is 4.45. The molecule has 5 rings (SSSR count). The van der Waals surface area contributed by atoms with Crippen LogP contribution in [0.2, 0.25) is 0 Å².